The summed E-state index contributed by atoms with van der Waals surface area (Å²) >= 11 is 0. The molecule has 0 amide bonds. The third-order valence-electron chi connectivity index (χ3n) is 3.85. The normalized spacial score (nSPS) is 18.7. The predicted octanol–water partition coefficient (Wildman–Crippen LogP) is 3.05. The second-order valence-corrected chi connectivity index (χ2v) is 5.34. The number of nitrogens with one attached hydrogen (secondary N) is 1. The molecule has 0 radical (unpaired) electrons. The molecule has 0 spiro atoms. The van der Waals surface area contributed by atoms with E-state index < -0.39 is 0 Å². The predicted molar refractivity (Wildman–Crippen MR) is 69.2 cm³/mol. The molecular formula is C14H24N2O. The van der Waals surface area contributed by atoms with E-state index in [1.807, 2.05) is 6.20 Å². The summed E-state index contributed by atoms with van der Waals surface area (Å²) in [5.74, 6) is 2.01. The molecule has 0 aromatic carbocycles. The lowest BCUT2D eigenvalue weighted by Crippen LogP contribution is -2.15. The van der Waals surface area contributed by atoms with E-state index in [4.69, 9.17) is 4.42 Å². The van der Waals surface area contributed by atoms with Crippen LogP contribution in [0, 0.1) is 0 Å². The van der Waals surface area contributed by atoms with Crippen molar-refractivity contribution in [3.8, 4) is 0 Å². The second-order valence-electron chi connectivity index (χ2n) is 5.34. The smallest absolute Gasteiger partial charge is 0.194 e. The highest BCUT2D eigenvalue weighted by Crippen LogP contribution is 2.40. The van der Waals surface area contributed by atoms with Crippen LogP contribution in [0.5, 0.6) is 0 Å². The number of rotatable bonds is 6. The van der Waals surface area contributed by atoms with E-state index in [9.17, 15) is 0 Å². The van der Waals surface area contributed by atoms with Gasteiger partial charge in [-0.15, -0.1) is 0 Å². The third-order valence-corrected chi connectivity index (χ3v) is 3.85. The first-order chi connectivity index (χ1) is 8.24. The molecule has 1 aromatic heterocycles. The molecule has 2 rings (SSSR count). The number of aryl methyl sites for hydroxylation is 1. The first-order valence-corrected chi connectivity index (χ1v) is 6.90. The standard InChI is InChI=1S/C14H24N2O/c1-3-15-10-6-7-13-16-11-12(17-13)14(2)8-4-5-9-14/h11,15H,3-10H2,1-2H3. The van der Waals surface area contributed by atoms with E-state index in [0.717, 1.165) is 37.6 Å². The minimum Gasteiger partial charge on any atom is -0.445 e. The molecule has 0 saturated heterocycles. The van der Waals surface area contributed by atoms with E-state index >= 15 is 0 Å². The topological polar surface area (TPSA) is 38.1 Å². The maximum absolute atomic E-state index is 5.91. The molecule has 3 heteroatoms. The molecule has 3 nitrogen and oxygen atoms in total. The Labute approximate surface area is 104 Å². The molecule has 17 heavy (non-hydrogen) atoms. The van der Waals surface area contributed by atoms with Crippen molar-refractivity contribution in [2.75, 3.05) is 13.1 Å². The Morgan fingerprint density at radius 2 is 2.18 bits per heavy atom. The largest absolute Gasteiger partial charge is 0.445 e. The van der Waals surface area contributed by atoms with Gasteiger partial charge in [-0.3, -0.25) is 0 Å². The zero-order chi connectivity index (χ0) is 12.1. The first kappa shape index (κ1) is 12.6. The molecule has 0 unspecified atom stereocenters. The van der Waals surface area contributed by atoms with Crippen molar-refractivity contribution in [3.05, 3.63) is 17.8 Å². The molecular weight excluding hydrogens is 212 g/mol. The second kappa shape index (κ2) is 5.67. The number of hydrogen-bond donors (Lipinski definition) is 1. The number of aromatic nitrogens is 1. The number of hydrogen-bond acceptors (Lipinski definition) is 3. The van der Waals surface area contributed by atoms with Crippen molar-refractivity contribution >= 4 is 0 Å². The highest BCUT2D eigenvalue weighted by atomic mass is 16.4. The first-order valence-electron chi connectivity index (χ1n) is 6.90. The van der Waals surface area contributed by atoms with Crippen molar-refractivity contribution in [1.82, 2.24) is 10.3 Å². The fraction of sp³-hybridized carbons (Fsp3) is 0.786. The van der Waals surface area contributed by atoms with Gasteiger partial charge >= 0.3 is 0 Å². The molecule has 0 bridgehead atoms. The van der Waals surface area contributed by atoms with E-state index in [1.165, 1.54) is 25.7 Å². The summed E-state index contributed by atoms with van der Waals surface area (Å²) in [5.41, 5.74) is 0.257. The highest BCUT2D eigenvalue weighted by molar-refractivity contribution is 5.11. The summed E-state index contributed by atoms with van der Waals surface area (Å²) < 4.78 is 5.91. The van der Waals surface area contributed by atoms with Crippen LogP contribution in [0.1, 0.15) is 57.6 Å². The van der Waals surface area contributed by atoms with Gasteiger partial charge in [-0.05, 0) is 32.4 Å². The molecule has 0 atom stereocenters. The zero-order valence-corrected chi connectivity index (χ0v) is 11.1. The quantitative estimate of drug-likeness (QED) is 0.771. The third kappa shape index (κ3) is 3.09. The van der Waals surface area contributed by atoms with Crippen molar-refractivity contribution in [3.63, 3.8) is 0 Å². The lowest BCUT2D eigenvalue weighted by Gasteiger charge is -2.19. The average molecular weight is 236 g/mol. The summed E-state index contributed by atoms with van der Waals surface area (Å²) in [5, 5.41) is 3.32. The summed E-state index contributed by atoms with van der Waals surface area (Å²) in [7, 11) is 0. The van der Waals surface area contributed by atoms with Crippen LogP contribution < -0.4 is 5.32 Å². The molecule has 96 valence electrons. The Hall–Kier alpha value is -0.830. The highest BCUT2D eigenvalue weighted by Gasteiger charge is 2.33. The van der Waals surface area contributed by atoms with Crippen LogP contribution in [0.25, 0.3) is 0 Å². The zero-order valence-electron chi connectivity index (χ0n) is 11.1. The minimum atomic E-state index is 0.257. The summed E-state index contributed by atoms with van der Waals surface area (Å²) in [6, 6.07) is 0. The van der Waals surface area contributed by atoms with Crippen LogP contribution in [-0.2, 0) is 11.8 Å². The fourth-order valence-corrected chi connectivity index (χ4v) is 2.65. The SMILES string of the molecule is CCNCCCc1ncc(C2(C)CCCC2)o1. The van der Waals surface area contributed by atoms with E-state index in [1.54, 1.807) is 0 Å². The van der Waals surface area contributed by atoms with E-state index in [-0.39, 0.29) is 5.41 Å². The Balaban J connectivity index is 1.87. The maximum Gasteiger partial charge on any atom is 0.194 e. The Morgan fingerprint density at radius 3 is 2.88 bits per heavy atom. The Kier molecular flexibility index (Phi) is 4.21. The van der Waals surface area contributed by atoms with Gasteiger partial charge in [0.05, 0.1) is 6.20 Å². The van der Waals surface area contributed by atoms with Gasteiger partial charge in [-0.1, -0.05) is 26.7 Å². The van der Waals surface area contributed by atoms with Crippen molar-refractivity contribution in [2.45, 2.75) is 57.8 Å². The van der Waals surface area contributed by atoms with Crippen LogP contribution >= 0.6 is 0 Å². The molecule has 1 saturated carbocycles. The average Bonchev–Trinajstić information content (AvgIpc) is 2.94. The van der Waals surface area contributed by atoms with Gasteiger partial charge in [0.1, 0.15) is 5.76 Å². The summed E-state index contributed by atoms with van der Waals surface area (Å²) in [4.78, 5) is 4.41. The van der Waals surface area contributed by atoms with Gasteiger partial charge in [0.2, 0.25) is 0 Å². The van der Waals surface area contributed by atoms with Crippen LogP contribution in [0.15, 0.2) is 10.6 Å². The van der Waals surface area contributed by atoms with Crippen LogP contribution in [-0.4, -0.2) is 18.1 Å². The van der Waals surface area contributed by atoms with E-state index in [2.05, 4.69) is 24.1 Å². The number of nitrogens with zero attached hydrogens (tertiary/aromatic N) is 1. The van der Waals surface area contributed by atoms with Gasteiger partial charge in [-0.2, -0.15) is 0 Å². The fourth-order valence-electron chi connectivity index (χ4n) is 2.65. The lowest BCUT2D eigenvalue weighted by atomic mass is 9.87. The van der Waals surface area contributed by atoms with Crippen LogP contribution in [0.3, 0.4) is 0 Å². The molecule has 1 fully saturated rings. The molecule has 0 aliphatic heterocycles. The Morgan fingerprint density at radius 1 is 1.41 bits per heavy atom. The monoisotopic (exact) mass is 236 g/mol. The summed E-state index contributed by atoms with van der Waals surface area (Å²) in [6.07, 6.45) is 9.15. The minimum absolute atomic E-state index is 0.257. The molecule has 1 N–H and O–H groups in total. The van der Waals surface area contributed by atoms with Gasteiger partial charge in [0.15, 0.2) is 5.89 Å². The van der Waals surface area contributed by atoms with Crippen molar-refractivity contribution in [1.29, 1.82) is 0 Å². The molecule has 1 aliphatic rings. The van der Waals surface area contributed by atoms with E-state index in [0.29, 0.717) is 0 Å². The van der Waals surface area contributed by atoms with Gasteiger partial charge in [0.25, 0.3) is 0 Å². The summed E-state index contributed by atoms with van der Waals surface area (Å²) in [6.45, 7) is 6.52. The number of oxazole rings is 1. The van der Waals surface area contributed by atoms with Gasteiger partial charge in [-0.25, -0.2) is 4.98 Å². The van der Waals surface area contributed by atoms with Crippen molar-refractivity contribution < 1.29 is 4.42 Å². The van der Waals surface area contributed by atoms with Crippen LogP contribution in [0.4, 0.5) is 0 Å². The lowest BCUT2D eigenvalue weighted by molar-refractivity contribution is 0.346. The Bertz CT molecular complexity index is 340. The van der Waals surface area contributed by atoms with Gasteiger partial charge < -0.3 is 9.73 Å². The van der Waals surface area contributed by atoms with Gasteiger partial charge in [0, 0.05) is 11.8 Å². The molecule has 1 heterocycles. The maximum atomic E-state index is 5.91. The van der Waals surface area contributed by atoms with Crippen molar-refractivity contribution in [2.24, 2.45) is 0 Å². The molecule has 1 aliphatic carbocycles. The molecule has 1 aromatic rings. The van der Waals surface area contributed by atoms with Crippen LogP contribution in [0.2, 0.25) is 0 Å².